The number of methoxy groups -OCH3 is 4. The fraction of sp³-hybridized carbons (Fsp3) is 0.724. The third-order valence-electron chi connectivity index (χ3n) is 25.0. The summed E-state index contributed by atoms with van der Waals surface area (Å²) in [6, 6.07) is -1.23. The smallest absolute Gasteiger partial charge is 0.340 e. The molecule has 4 heterocycles. The lowest BCUT2D eigenvalue weighted by atomic mass is 9.58. The first kappa shape index (κ1) is 91.5. The number of piperidine rings is 1. The van der Waals surface area contributed by atoms with Crippen LogP contribution in [-0.2, 0) is 95.3 Å². The van der Waals surface area contributed by atoms with Crippen LogP contribution in [0.4, 0.5) is 0 Å². The average Bonchev–Trinajstić information content (AvgIpc) is 1.68. The molecule has 3 saturated heterocycles. The summed E-state index contributed by atoms with van der Waals surface area (Å²) in [4.78, 5) is 148. The maximum Gasteiger partial charge on any atom is 0.340 e. The molecule has 0 aromatic carbocycles. The van der Waals surface area contributed by atoms with E-state index in [1.165, 1.54) is 26.0 Å². The molecule has 4 aliphatic carbocycles. The molecular formula is C87H129N3O23. The molecule has 3 N–H and O–H groups in total. The standard InChI is InChI=1S/C87H129N3O23/c1-50-27-20-19-21-28-51(2)65(105-14)45-59-34-32-56(7)87(103,113-59)82(99)83(100)90-40-25-24-29-62(90)85(102)109-66(53(4)43-58-33-36-63(92)67(44-58)106-15)46-64(93)52(3)42-55(6)80(81(107-16)77(96)54(5)41-50)112-72(95)31-23-18-17-22-30-71(94)111-70-37-35-61-74-75(68(108-57(8)91)47-86(61,70)9)76-69(49-104-13)110-84(101)60(73(76)78(97)79(74)98)48-89(12)39-26-38-88(10)11/h19-21,27-28,42,48,50,52-54,56,58-59,61-63,65-70,76,80-81,92,97,103H,17-18,22-26,29-41,43-47,49H2,1-16H3/b21-19+,27-20+,51-28+,55-42+,60-48+/t50-,52-,53-,54-,56-,58+,59+,61+,62+,63-,65+,66+,67-,68-,69-,70+,76?,80-,81+,86+,87-/m1/s1. The zero-order chi connectivity index (χ0) is 82.9. The molecule has 26 heteroatoms. The van der Waals surface area contributed by atoms with Crippen LogP contribution >= 0.6 is 0 Å². The second kappa shape index (κ2) is 41.7. The van der Waals surface area contributed by atoms with Crippen molar-refractivity contribution in [2.45, 2.75) is 276 Å². The van der Waals surface area contributed by atoms with Gasteiger partial charge in [-0.15, -0.1) is 0 Å². The summed E-state index contributed by atoms with van der Waals surface area (Å²) in [6.07, 6.45) is 12.0. The van der Waals surface area contributed by atoms with E-state index < -0.39 is 167 Å². The number of ether oxygens (including phenoxy) is 10. The van der Waals surface area contributed by atoms with Crippen molar-refractivity contribution in [3.05, 3.63) is 81.9 Å². The fourth-order valence-corrected chi connectivity index (χ4v) is 18.5. The van der Waals surface area contributed by atoms with E-state index in [0.29, 0.717) is 114 Å². The summed E-state index contributed by atoms with van der Waals surface area (Å²) < 4.78 is 60.5. The number of cyclic esters (lactones) is 2. The Hall–Kier alpha value is -7.04. The SMILES string of the molecule is COC[C@H]1OC(=O)/C(=C/N(C)CCCN(C)C)C2=C(O)C(=O)C3=C(C21)[C@H](OC(C)=O)C[C@]1(C)[C@@H](OC(=O)CCCCCCC(=O)O[C@@H]2/C(C)=C/[C@@H](C)C(=O)C[C@@H]([C@H](C)C[C@@H]4CC[C@@H](O)[C@H](OC)C4)OC(=O)[C@@H]4CCCCN4C(=O)C(=O)[C@]4(O)O[C@@H](CC[C@H]4C)C[C@H](OC)/C(C)=C/C=C/C=C/[C@@H](C)C[C@@H](C)C(=O)[C@@H]2OC)CC[C@@H]31. The molecule has 8 rings (SSSR count). The Bertz CT molecular complexity index is 3630. The summed E-state index contributed by atoms with van der Waals surface area (Å²) in [5, 5.41) is 34.9. The maximum atomic E-state index is 14.9. The van der Waals surface area contributed by atoms with Crippen LogP contribution in [0.1, 0.15) is 204 Å². The van der Waals surface area contributed by atoms with E-state index in [2.05, 4.69) is 0 Å². The molecule has 2 saturated carbocycles. The summed E-state index contributed by atoms with van der Waals surface area (Å²) >= 11 is 0. The van der Waals surface area contributed by atoms with Gasteiger partial charge in [0.1, 0.15) is 36.2 Å². The van der Waals surface area contributed by atoms with Gasteiger partial charge in [0.15, 0.2) is 23.8 Å². The maximum absolute atomic E-state index is 14.9. The average molecular weight is 1580 g/mol. The summed E-state index contributed by atoms with van der Waals surface area (Å²) in [7, 11) is 11.6. The van der Waals surface area contributed by atoms with E-state index in [0.717, 1.165) is 18.5 Å². The topological polar surface area (TPSA) is 333 Å². The van der Waals surface area contributed by atoms with Gasteiger partial charge in [-0.25, -0.2) is 9.59 Å². The monoisotopic (exact) mass is 1580 g/mol. The highest BCUT2D eigenvalue weighted by atomic mass is 16.6. The van der Waals surface area contributed by atoms with Crippen LogP contribution in [0.2, 0.25) is 0 Å². The number of unbranched alkanes of at least 4 members (excludes halogenated alkanes) is 3. The normalized spacial score (nSPS) is 35.7. The number of carbonyl (C=O) groups excluding carboxylic acids is 10. The number of carbonyl (C=O) groups is 10. The Morgan fingerprint density at radius 2 is 1.46 bits per heavy atom. The number of aliphatic hydroxyl groups is 3. The number of aliphatic hydroxyl groups excluding tert-OH is 2. The summed E-state index contributed by atoms with van der Waals surface area (Å²) in [5.74, 6) is -14.2. The fourth-order valence-electron chi connectivity index (χ4n) is 18.5. The minimum Gasteiger partial charge on any atom is -0.504 e. The molecule has 0 radical (unpaired) electrons. The van der Waals surface area contributed by atoms with Gasteiger partial charge in [-0.05, 0) is 178 Å². The highest BCUT2D eigenvalue weighted by Gasteiger charge is 2.62. The number of rotatable bonds is 23. The molecule has 0 aromatic rings. The van der Waals surface area contributed by atoms with Crippen molar-refractivity contribution >= 4 is 58.9 Å². The molecule has 2 bridgehead atoms. The molecule has 630 valence electrons. The predicted octanol–water partition coefficient (Wildman–Crippen LogP) is 10.4. The van der Waals surface area contributed by atoms with Crippen molar-refractivity contribution in [1.29, 1.82) is 0 Å². The van der Waals surface area contributed by atoms with Gasteiger partial charge >= 0.3 is 29.8 Å². The van der Waals surface area contributed by atoms with Crippen molar-refractivity contribution in [1.82, 2.24) is 14.7 Å². The summed E-state index contributed by atoms with van der Waals surface area (Å²) in [6.45, 7) is 17.0. The largest absolute Gasteiger partial charge is 0.504 e. The number of ketones is 4. The van der Waals surface area contributed by atoms with E-state index in [1.54, 1.807) is 61.2 Å². The van der Waals surface area contributed by atoms with Crippen LogP contribution in [0.3, 0.4) is 0 Å². The van der Waals surface area contributed by atoms with E-state index >= 15 is 0 Å². The van der Waals surface area contributed by atoms with Crippen LogP contribution in [0.15, 0.2) is 81.9 Å². The zero-order valence-corrected chi connectivity index (χ0v) is 69.7. The van der Waals surface area contributed by atoms with E-state index in [9.17, 15) is 63.3 Å². The van der Waals surface area contributed by atoms with Crippen LogP contribution in [0.25, 0.3) is 0 Å². The van der Waals surface area contributed by atoms with E-state index in [1.807, 2.05) is 82.0 Å². The number of amides is 1. The van der Waals surface area contributed by atoms with E-state index in [4.69, 9.17) is 47.4 Å². The third kappa shape index (κ3) is 22.8. The van der Waals surface area contributed by atoms with Gasteiger partial charge in [-0.2, -0.15) is 0 Å². The van der Waals surface area contributed by atoms with E-state index in [-0.39, 0.29) is 91.8 Å². The minimum absolute atomic E-state index is 0.0191. The highest BCUT2D eigenvalue weighted by molar-refractivity contribution is 6.39. The molecular weight excluding hydrogens is 1450 g/mol. The first-order valence-electron chi connectivity index (χ1n) is 41.1. The summed E-state index contributed by atoms with van der Waals surface area (Å²) in [5.41, 5.74) is 1.07. The lowest BCUT2D eigenvalue weighted by Gasteiger charge is -2.49. The molecule has 4 aliphatic heterocycles. The van der Waals surface area contributed by atoms with Crippen molar-refractivity contribution in [3.8, 4) is 0 Å². The van der Waals surface area contributed by atoms with Gasteiger partial charge < -0.3 is 77.4 Å². The Morgan fingerprint density at radius 1 is 0.752 bits per heavy atom. The molecule has 1 amide bonds. The van der Waals surface area contributed by atoms with Crippen molar-refractivity contribution in [2.24, 2.45) is 52.8 Å². The van der Waals surface area contributed by atoms with Gasteiger partial charge in [0.05, 0.1) is 42.5 Å². The van der Waals surface area contributed by atoms with Crippen LogP contribution in [0.5, 0.6) is 0 Å². The number of hydrogen-bond donors (Lipinski definition) is 3. The third-order valence-corrected chi connectivity index (χ3v) is 25.0. The lowest BCUT2D eigenvalue weighted by molar-refractivity contribution is -0.265. The van der Waals surface area contributed by atoms with Crippen LogP contribution in [-0.4, -0.2) is 238 Å². The number of Topliss-reactive ketones (excluding diaryl/α,β-unsaturated/α-hetero) is 4. The number of esters is 5. The molecule has 113 heavy (non-hydrogen) atoms. The Balaban J connectivity index is 0.977. The molecule has 8 aliphatic rings. The van der Waals surface area contributed by atoms with Crippen LogP contribution in [0, 0.1) is 52.8 Å². The molecule has 1 unspecified atom stereocenters. The number of fused-ring (bicyclic) bond motifs is 7. The molecule has 26 nitrogen and oxygen atoms in total. The van der Waals surface area contributed by atoms with Gasteiger partial charge in [-0.3, -0.25) is 38.4 Å². The Labute approximate surface area is 668 Å². The quantitative estimate of drug-likeness (QED) is 0.0214. The molecule has 21 atom stereocenters. The molecule has 0 aromatic heterocycles. The highest BCUT2D eigenvalue weighted by Crippen LogP contribution is 2.61. The number of hydrogen-bond acceptors (Lipinski definition) is 25. The minimum atomic E-state index is -2.50. The van der Waals surface area contributed by atoms with Gasteiger partial charge in [0.2, 0.25) is 11.6 Å². The van der Waals surface area contributed by atoms with Gasteiger partial charge in [0.25, 0.3) is 11.7 Å². The Morgan fingerprint density at radius 3 is 2.12 bits per heavy atom. The van der Waals surface area contributed by atoms with Crippen molar-refractivity contribution in [3.63, 3.8) is 0 Å². The molecule has 5 fully saturated rings. The van der Waals surface area contributed by atoms with Gasteiger partial charge in [0, 0.05) is 122 Å². The number of allylic oxidation sites excluding steroid dienone is 7. The van der Waals surface area contributed by atoms with Crippen molar-refractivity contribution in [2.75, 3.05) is 75.8 Å². The lowest BCUT2D eigenvalue weighted by Crippen LogP contribution is -2.61. The second-order valence-electron chi connectivity index (χ2n) is 33.9. The zero-order valence-electron chi connectivity index (χ0n) is 69.7. The first-order chi connectivity index (χ1) is 53.6. The second-order valence-corrected chi connectivity index (χ2v) is 33.9. The predicted molar refractivity (Wildman–Crippen MR) is 418 cm³/mol. The number of nitrogens with zero attached hydrogens (tertiary/aromatic N) is 3. The van der Waals surface area contributed by atoms with Crippen LogP contribution < -0.4 is 0 Å². The Kier molecular flexibility index (Phi) is 33.7. The van der Waals surface area contributed by atoms with Crippen molar-refractivity contribution < 1.29 is 111 Å². The molecule has 0 spiro atoms. The van der Waals surface area contributed by atoms with Gasteiger partial charge in [-0.1, -0.05) is 90.8 Å². The first-order valence-corrected chi connectivity index (χ1v) is 41.1.